The first-order valence-electron chi connectivity index (χ1n) is 21.0. The molecule has 0 aliphatic heterocycles. The highest BCUT2D eigenvalue weighted by Gasteiger charge is 2.51. The van der Waals surface area contributed by atoms with Gasteiger partial charge in [0, 0.05) is 6.61 Å². The third-order valence-electron chi connectivity index (χ3n) is 12.8. The second-order valence-corrected chi connectivity index (χ2v) is 16.3. The fraction of sp³-hybridized carbons (Fsp3) is 1.00. The lowest BCUT2D eigenvalue weighted by Crippen LogP contribution is -2.50. The average Bonchev–Trinajstić information content (AvgIpc) is 3.68. The Kier molecular flexibility index (Phi) is 19.3. The zero-order valence-corrected chi connectivity index (χ0v) is 32.1. The van der Waals surface area contributed by atoms with Crippen molar-refractivity contribution in [2.45, 2.75) is 208 Å². The molecule has 274 valence electrons. The average molecular weight is 651 g/mol. The summed E-state index contributed by atoms with van der Waals surface area (Å²) in [7, 11) is 0. The molecule has 10 bridgehead atoms. The highest BCUT2D eigenvalue weighted by molar-refractivity contribution is 5.02. The minimum Gasteiger partial charge on any atom is -0.396 e. The molecule has 0 aromatic carbocycles. The summed E-state index contributed by atoms with van der Waals surface area (Å²) in [6.07, 6.45) is 27.3. The predicted molar refractivity (Wildman–Crippen MR) is 197 cm³/mol. The standard InChI is InChI=1S/C11H18O.C10H16O.C7H12O.C6H12O.4C2H6/c12-7-11-4-8-1-9(5-11)3-10(2-8)6-11;11-10-4-7-1-8(5-10)3-9(2-7)6-10;8-7-4-5-1-2-6(7)3-5;7-6-4-2-1-3-5-6;4*1-2/h8-10,12H,1-7H2;7-9,11H,1-6H2;5-8H,1-4H2;6-7H,1-5H2;4*1-2H3. The van der Waals surface area contributed by atoms with Crippen LogP contribution in [0.4, 0.5) is 0 Å². The molecule has 4 N–H and O–H groups in total. The maximum atomic E-state index is 10.1. The summed E-state index contributed by atoms with van der Waals surface area (Å²) in [6, 6.07) is 0. The van der Waals surface area contributed by atoms with Gasteiger partial charge in [0.05, 0.1) is 17.8 Å². The zero-order chi connectivity index (χ0) is 34.3. The number of hydrogen-bond donors (Lipinski definition) is 4. The van der Waals surface area contributed by atoms with Crippen molar-refractivity contribution in [2.75, 3.05) is 6.61 Å². The van der Waals surface area contributed by atoms with Crippen LogP contribution in [-0.2, 0) is 0 Å². The normalized spacial score (nSPS) is 42.7. The van der Waals surface area contributed by atoms with Gasteiger partial charge in [-0.05, 0) is 168 Å². The van der Waals surface area contributed by atoms with E-state index in [4.69, 9.17) is 5.11 Å². The first kappa shape index (κ1) is 42.0. The van der Waals surface area contributed by atoms with Crippen LogP contribution in [0.5, 0.6) is 0 Å². The zero-order valence-electron chi connectivity index (χ0n) is 32.1. The molecule has 0 aromatic rings. The van der Waals surface area contributed by atoms with Gasteiger partial charge in [0.2, 0.25) is 0 Å². The van der Waals surface area contributed by atoms with Crippen LogP contribution in [0.15, 0.2) is 0 Å². The Hall–Kier alpha value is -0.160. The second kappa shape index (κ2) is 21.1. The number of rotatable bonds is 1. The van der Waals surface area contributed by atoms with Crippen LogP contribution in [-0.4, -0.2) is 44.8 Å². The summed E-state index contributed by atoms with van der Waals surface area (Å²) in [5.41, 5.74) is 0.198. The molecule has 0 saturated heterocycles. The van der Waals surface area contributed by atoms with Crippen molar-refractivity contribution < 1.29 is 20.4 Å². The largest absolute Gasteiger partial charge is 0.396 e. The van der Waals surface area contributed by atoms with Gasteiger partial charge in [-0.15, -0.1) is 0 Å². The summed E-state index contributed by atoms with van der Waals surface area (Å²) >= 11 is 0. The molecule has 0 radical (unpaired) electrons. The first-order valence-corrected chi connectivity index (χ1v) is 21.0. The molecular formula is C42H82O4. The van der Waals surface area contributed by atoms with E-state index < -0.39 is 0 Å². The number of aliphatic hydroxyl groups is 4. The van der Waals surface area contributed by atoms with E-state index >= 15 is 0 Å². The molecule has 11 rings (SSSR count). The van der Waals surface area contributed by atoms with E-state index in [1.165, 1.54) is 96.3 Å². The quantitative estimate of drug-likeness (QED) is 0.228. The van der Waals surface area contributed by atoms with Gasteiger partial charge in [-0.3, -0.25) is 0 Å². The van der Waals surface area contributed by atoms with Crippen molar-refractivity contribution in [1.82, 2.24) is 0 Å². The van der Waals surface area contributed by atoms with Gasteiger partial charge >= 0.3 is 0 Å². The minimum atomic E-state index is -0.200. The monoisotopic (exact) mass is 651 g/mol. The molecule has 4 nitrogen and oxygen atoms in total. The van der Waals surface area contributed by atoms with Crippen molar-refractivity contribution in [3.05, 3.63) is 0 Å². The van der Waals surface area contributed by atoms with E-state index in [1.807, 2.05) is 55.4 Å². The topological polar surface area (TPSA) is 80.9 Å². The molecule has 4 heteroatoms. The van der Waals surface area contributed by atoms with Crippen LogP contribution in [0.1, 0.15) is 190 Å². The Bertz CT molecular complexity index is 701. The van der Waals surface area contributed by atoms with Crippen LogP contribution >= 0.6 is 0 Å². The van der Waals surface area contributed by atoms with Gasteiger partial charge in [0.25, 0.3) is 0 Å². The van der Waals surface area contributed by atoms with E-state index in [9.17, 15) is 15.3 Å². The van der Waals surface area contributed by atoms with Crippen molar-refractivity contribution in [1.29, 1.82) is 0 Å². The fourth-order valence-corrected chi connectivity index (χ4v) is 11.8. The van der Waals surface area contributed by atoms with Crippen molar-refractivity contribution in [2.24, 2.45) is 52.8 Å². The lowest BCUT2D eigenvalue weighted by molar-refractivity contribution is -0.124. The minimum absolute atomic E-state index is 0.0359. The van der Waals surface area contributed by atoms with Gasteiger partial charge in [-0.1, -0.05) is 74.7 Å². The van der Waals surface area contributed by atoms with Gasteiger partial charge in [-0.25, -0.2) is 0 Å². The van der Waals surface area contributed by atoms with Gasteiger partial charge in [0.1, 0.15) is 0 Å². The highest BCUT2D eigenvalue weighted by atomic mass is 16.3. The number of aliphatic hydroxyl groups excluding tert-OH is 3. The Morgan fingerprint density at radius 2 is 0.848 bits per heavy atom. The second-order valence-electron chi connectivity index (χ2n) is 16.3. The molecule has 0 spiro atoms. The van der Waals surface area contributed by atoms with E-state index in [2.05, 4.69) is 0 Å². The molecule has 0 amide bonds. The number of hydrogen-bond acceptors (Lipinski definition) is 4. The fourth-order valence-electron chi connectivity index (χ4n) is 11.8. The highest BCUT2D eigenvalue weighted by Crippen LogP contribution is 2.59. The van der Waals surface area contributed by atoms with Crippen LogP contribution in [0, 0.1) is 52.8 Å². The van der Waals surface area contributed by atoms with Crippen LogP contribution in [0.2, 0.25) is 0 Å². The maximum Gasteiger partial charge on any atom is 0.0655 e. The molecule has 0 heterocycles. The van der Waals surface area contributed by atoms with Gasteiger partial charge in [-0.2, -0.15) is 0 Å². The van der Waals surface area contributed by atoms with Crippen LogP contribution in [0.25, 0.3) is 0 Å². The predicted octanol–water partition coefficient (Wildman–Crippen LogP) is 10.7. The third kappa shape index (κ3) is 12.0. The molecule has 11 aliphatic rings. The van der Waals surface area contributed by atoms with Crippen LogP contribution < -0.4 is 0 Å². The molecule has 11 aliphatic carbocycles. The summed E-state index contributed by atoms with van der Waals surface area (Å²) in [5.74, 6) is 7.24. The lowest BCUT2D eigenvalue weighted by atomic mass is 9.50. The molecule has 11 fully saturated rings. The smallest absolute Gasteiger partial charge is 0.0655 e. The third-order valence-corrected chi connectivity index (χ3v) is 12.8. The number of fused-ring (bicyclic) bond motifs is 2. The van der Waals surface area contributed by atoms with Crippen molar-refractivity contribution >= 4 is 0 Å². The van der Waals surface area contributed by atoms with E-state index in [0.717, 1.165) is 80.0 Å². The van der Waals surface area contributed by atoms with Gasteiger partial charge < -0.3 is 20.4 Å². The van der Waals surface area contributed by atoms with E-state index in [1.54, 1.807) is 0 Å². The Labute approximate surface area is 287 Å². The Morgan fingerprint density at radius 1 is 0.457 bits per heavy atom. The van der Waals surface area contributed by atoms with Crippen LogP contribution in [0.3, 0.4) is 0 Å². The summed E-state index contributed by atoms with van der Waals surface area (Å²) in [4.78, 5) is 0. The molecule has 3 atom stereocenters. The molecule has 3 unspecified atom stereocenters. The Balaban J connectivity index is 0.000000202. The van der Waals surface area contributed by atoms with Gasteiger partial charge in [0.15, 0.2) is 0 Å². The summed E-state index contributed by atoms with van der Waals surface area (Å²) in [6.45, 7) is 16.5. The maximum absolute atomic E-state index is 10.1. The van der Waals surface area contributed by atoms with Crippen molar-refractivity contribution in [3.63, 3.8) is 0 Å². The Morgan fingerprint density at radius 3 is 1.07 bits per heavy atom. The lowest BCUT2D eigenvalue weighted by Gasteiger charge is -2.56. The molecule has 46 heavy (non-hydrogen) atoms. The molecule has 0 aromatic heterocycles. The molecular weight excluding hydrogens is 568 g/mol. The first-order chi connectivity index (χ1) is 22.3. The summed E-state index contributed by atoms with van der Waals surface area (Å²) < 4.78 is 0. The van der Waals surface area contributed by atoms with E-state index in [0.29, 0.717) is 17.9 Å². The van der Waals surface area contributed by atoms with Crippen molar-refractivity contribution in [3.8, 4) is 0 Å². The summed E-state index contributed by atoms with van der Waals surface area (Å²) in [5, 5.41) is 37.7. The van der Waals surface area contributed by atoms with E-state index in [-0.39, 0.29) is 17.8 Å². The molecule has 11 saturated carbocycles. The SMILES string of the molecule is CC.CC.CC.CC.OC12CC3CC(CC(C3)C1)C2.OC1CC2CCC1C2.OC1CCCCC1.OCC12CC3CC(CC(C3)C1)C2.